The lowest BCUT2D eigenvalue weighted by molar-refractivity contribution is -0.251. The molecule has 1 atom stereocenters. The largest absolute Gasteiger partial charge is 0.360 e. The Bertz CT molecular complexity index is 1100. The first-order chi connectivity index (χ1) is 14.6. The van der Waals surface area contributed by atoms with Gasteiger partial charge in [-0.05, 0) is 42.2 Å². The molecule has 1 unspecified atom stereocenters. The minimum atomic E-state index is -0.945. The minimum absolute atomic E-state index is 0.0462. The van der Waals surface area contributed by atoms with E-state index in [1.54, 1.807) is 18.2 Å². The molecular formula is C21H17F2N3O4. The smallest absolute Gasteiger partial charge is 0.355 e. The molecule has 2 heterocycles. The Morgan fingerprint density at radius 2 is 2.03 bits per heavy atom. The zero-order valence-electron chi connectivity index (χ0n) is 15.8. The van der Waals surface area contributed by atoms with Gasteiger partial charge in [-0.1, -0.05) is 18.2 Å². The highest BCUT2D eigenvalue weighted by molar-refractivity contribution is 6.02. The van der Waals surface area contributed by atoms with E-state index in [1.807, 2.05) is 4.90 Å². The summed E-state index contributed by atoms with van der Waals surface area (Å²) < 4.78 is 27.3. The number of anilines is 1. The Labute approximate surface area is 170 Å². The number of fused-ring (bicyclic) bond motifs is 1. The van der Waals surface area contributed by atoms with Crippen molar-refractivity contribution in [2.45, 2.75) is 12.8 Å². The first kappa shape index (κ1) is 19.7. The van der Waals surface area contributed by atoms with Crippen LogP contribution in [-0.2, 0) is 19.4 Å². The van der Waals surface area contributed by atoms with Crippen LogP contribution in [0, 0.1) is 17.6 Å². The minimum Gasteiger partial charge on any atom is -0.355 e. The van der Waals surface area contributed by atoms with E-state index < -0.39 is 23.5 Å². The maximum Gasteiger partial charge on any atom is 0.360 e. The van der Waals surface area contributed by atoms with Crippen molar-refractivity contribution in [3.05, 3.63) is 54.4 Å². The fourth-order valence-corrected chi connectivity index (χ4v) is 3.73. The quantitative estimate of drug-likeness (QED) is 0.360. The van der Waals surface area contributed by atoms with Crippen LogP contribution in [-0.4, -0.2) is 35.5 Å². The Morgan fingerprint density at radius 1 is 1.17 bits per heavy atom. The number of piperidine rings is 1. The summed E-state index contributed by atoms with van der Waals surface area (Å²) in [5, 5.41) is 0.671. The normalized spacial score (nSPS) is 16.3. The predicted octanol–water partition coefficient (Wildman–Crippen LogP) is 3.42. The Hall–Kier alpha value is -3.62. The van der Waals surface area contributed by atoms with Gasteiger partial charge in [-0.15, -0.1) is 0 Å². The predicted molar refractivity (Wildman–Crippen MR) is 103 cm³/mol. The number of carbonyl (C=O) groups excluding carboxylic acids is 2. The van der Waals surface area contributed by atoms with Gasteiger partial charge in [0.25, 0.3) is 0 Å². The number of carbonyl (C=O) groups is 2. The van der Waals surface area contributed by atoms with Crippen LogP contribution in [0.5, 0.6) is 0 Å². The molecule has 154 valence electrons. The van der Waals surface area contributed by atoms with Crippen molar-refractivity contribution in [2.24, 2.45) is 5.92 Å². The highest BCUT2D eigenvalue weighted by Crippen LogP contribution is 2.35. The van der Waals surface area contributed by atoms with E-state index in [9.17, 15) is 18.4 Å². The Kier molecular flexibility index (Phi) is 5.51. The van der Waals surface area contributed by atoms with Crippen molar-refractivity contribution in [2.75, 3.05) is 18.0 Å². The van der Waals surface area contributed by atoms with Gasteiger partial charge in [0.1, 0.15) is 12.1 Å². The number of hydrogen-bond donors (Lipinski definition) is 0. The van der Waals surface area contributed by atoms with E-state index in [1.165, 1.54) is 12.4 Å². The molecule has 1 aliphatic heterocycles. The lowest BCUT2D eigenvalue weighted by Crippen LogP contribution is -2.40. The van der Waals surface area contributed by atoms with Crippen molar-refractivity contribution in [3.63, 3.8) is 0 Å². The lowest BCUT2D eigenvalue weighted by Gasteiger charge is -2.32. The summed E-state index contributed by atoms with van der Waals surface area (Å²) in [5.41, 5.74) is 1.77. The SMILES string of the molecule is O=COOC(=O)C1CCCN(c2ncnc3cccc(-c4ccc(F)c(F)c4)c23)C1. The fraction of sp³-hybridized carbons (Fsp3) is 0.238. The second kappa shape index (κ2) is 8.40. The third kappa shape index (κ3) is 3.78. The van der Waals surface area contributed by atoms with E-state index in [2.05, 4.69) is 19.7 Å². The molecule has 0 amide bonds. The van der Waals surface area contributed by atoms with Gasteiger partial charge in [0.2, 0.25) is 0 Å². The fourth-order valence-electron chi connectivity index (χ4n) is 3.73. The van der Waals surface area contributed by atoms with E-state index in [0.29, 0.717) is 53.8 Å². The highest BCUT2D eigenvalue weighted by Gasteiger charge is 2.30. The van der Waals surface area contributed by atoms with Crippen LogP contribution < -0.4 is 4.90 Å². The van der Waals surface area contributed by atoms with Gasteiger partial charge in [0.05, 0.1) is 16.8 Å². The molecule has 3 aromatic rings. The van der Waals surface area contributed by atoms with Crippen LogP contribution >= 0.6 is 0 Å². The van der Waals surface area contributed by atoms with Crippen LogP contribution in [0.25, 0.3) is 22.0 Å². The molecule has 7 nitrogen and oxygen atoms in total. The standard InChI is InChI=1S/C21H17F2N3O4/c22-16-7-6-13(9-17(16)23)15-4-1-5-18-19(15)20(25-11-24-18)26-8-2-3-14(10-26)21(28)30-29-12-27/h1,4-7,9,11-12,14H,2-3,8,10H2. The van der Waals surface area contributed by atoms with E-state index in [-0.39, 0.29) is 6.47 Å². The van der Waals surface area contributed by atoms with Crippen LogP contribution in [0.2, 0.25) is 0 Å². The molecule has 9 heteroatoms. The van der Waals surface area contributed by atoms with E-state index in [0.717, 1.165) is 12.1 Å². The summed E-state index contributed by atoms with van der Waals surface area (Å²) in [5.74, 6) is -2.43. The number of benzene rings is 2. The first-order valence-electron chi connectivity index (χ1n) is 9.33. The van der Waals surface area contributed by atoms with Crippen molar-refractivity contribution in [1.82, 2.24) is 9.97 Å². The van der Waals surface area contributed by atoms with E-state index in [4.69, 9.17) is 0 Å². The average Bonchev–Trinajstić information content (AvgIpc) is 2.78. The summed E-state index contributed by atoms with van der Waals surface area (Å²) in [4.78, 5) is 41.6. The summed E-state index contributed by atoms with van der Waals surface area (Å²) >= 11 is 0. The molecule has 0 spiro atoms. The molecule has 0 aliphatic carbocycles. The number of aromatic nitrogens is 2. The van der Waals surface area contributed by atoms with Gasteiger partial charge in [0.15, 0.2) is 11.6 Å². The van der Waals surface area contributed by atoms with Crippen molar-refractivity contribution in [1.29, 1.82) is 0 Å². The molecule has 0 radical (unpaired) electrons. The zero-order chi connectivity index (χ0) is 21.1. The molecule has 0 bridgehead atoms. The molecule has 2 aromatic carbocycles. The molecule has 0 N–H and O–H groups in total. The van der Waals surface area contributed by atoms with Crippen molar-refractivity contribution in [3.8, 4) is 11.1 Å². The number of hydrogen-bond acceptors (Lipinski definition) is 7. The third-order valence-electron chi connectivity index (χ3n) is 5.10. The van der Waals surface area contributed by atoms with Gasteiger partial charge in [0, 0.05) is 13.1 Å². The second-order valence-corrected chi connectivity index (χ2v) is 6.91. The third-order valence-corrected chi connectivity index (χ3v) is 5.10. The Morgan fingerprint density at radius 3 is 2.83 bits per heavy atom. The highest BCUT2D eigenvalue weighted by atomic mass is 19.2. The van der Waals surface area contributed by atoms with Crippen LogP contribution in [0.4, 0.5) is 14.6 Å². The summed E-state index contributed by atoms with van der Waals surface area (Å²) in [6.45, 7) is 0.986. The summed E-state index contributed by atoms with van der Waals surface area (Å²) in [7, 11) is 0. The zero-order valence-corrected chi connectivity index (χ0v) is 15.8. The van der Waals surface area contributed by atoms with Crippen molar-refractivity contribution >= 4 is 29.2 Å². The molecule has 1 saturated heterocycles. The molecular weight excluding hydrogens is 396 g/mol. The molecule has 1 aliphatic rings. The van der Waals surface area contributed by atoms with Gasteiger partial charge in [-0.3, -0.25) is 9.68 Å². The van der Waals surface area contributed by atoms with E-state index >= 15 is 0 Å². The topological polar surface area (TPSA) is 81.6 Å². The van der Waals surface area contributed by atoms with Gasteiger partial charge < -0.3 is 4.90 Å². The summed E-state index contributed by atoms with van der Waals surface area (Å²) in [6.07, 6.45) is 2.69. The van der Waals surface area contributed by atoms with Crippen LogP contribution in [0.3, 0.4) is 0 Å². The number of halogens is 2. The molecule has 4 rings (SSSR count). The monoisotopic (exact) mass is 413 g/mol. The average molecular weight is 413 g/mol. The number of rotatable bonds is 5. The van der Waals surface area contributed by atoms with Crippen LogP contribution in [0.1, 0.15) is 12.8 Å². The summed E-state index contributed by atoms with van der Waals surface area (Å²) in [6, 6.07) is 9.08. The van der Waals surface area contributed by atoms with Gasteiger partial charge in [-0.25, -0.2) is 28.4 Å². The maximum atomic E-state index is 13.9. The molecule has 30 heavy (non-hydrogen) atoms. The van der Waals surface area contributed by atoms with Gasteiger partial charge in [-0.2, -0.15) is 0 Å². The number of nitrogens with zero attached hydrogens (tertiary/aromatic N) is 3. The van der Waals surface area contributed by atoms with Gasteiger partial charge >= 0.3 is 12.4 Å². The molecule has 0 saturated carbocycles. The maximum absolute atomic E-state index is 13.9. The van der Waals surface area contributed by atoms with Crippen molar-refractivity contribution < 1.29 is 28.1 Å². The lowest BCUT2D eigenvalue weighted by atomic mass is 9.96. The molecule has 1 fully saturated rings. The Balaban J connectivity index is 1.75. The van der Waals surface area contributed by atoms with Crippen LogP contribution in [0.15, 0.2) is 42.7 Å². The molecule has 1 aromatic heterocycles. The second-order valence-electron chi connectivity index (χ2n) is 6.91. The first-order valence-corrected chi connectivity index (χ1v) is 9.33.